The Bertz CT molecular complexity index is 788. The Labute approximate surface area is 142 Å². The van der Waals surface area contributed by atoms with Gasteiger partial charge < -0.3 is 10.3 Å². The monoisotopic (exact) mass is 318 g/mol. The lowest BCUT2D eigenvalue weighted by molar-refractivity contribution is 0.0982. The first-order valence-corrected chi connectivity index (χ1v) is 8.36. The summed E-state index contributed by atoms with van der Waals surface area (Å²) in [6.07, 6.45) is 5.54. The van der Waals surface area contributed by atoms with Crippen molar-refractivity contribution in [3.63, 3.8) is 0 Å². The number of carbonyl (C=O) groups excluding carboxylic acids is 1. The Balaban J connectivity index is 1.67. The zero-order chi connectivity index (χ0) is 16.8. The molecule has 122 valence electrons. The van der Waals surface area contributed by atoms with Gasteiger partial charge in [0.25, 0.3) is 0 Å². The van der Waals surface area contributed by atoms with E-state index in [1.807, 2.05) is 61.8 Å². The first kappa shape index (κ1) is 16.1. The van der Waals surface area contributed by atoms with Gasteiger partial charge in [0, 0.05) is 42.2 Å². The van der Waals surface area contributed by atoms with E-state index in [9.17, 15) is 4.79 Å². The third-order valence-corrected chi connectivity index (χ3v) is 4.08. The number of hydrogen-bond donors (Lipinski definition) is 2. The molecular formula is C21H22N2O. The fraction of sp³-hybridized carbons (Fsp3) is 0.190. The number of aromatic nitrogens is 1. The molecule has 0 unspecified atom stereocenters. The molecule has 0 aliphatic carbocycles. The summed E-state index contributed by atoms with van der Waals surface area (Å²) in [5.41, 5.74) is 5.43. The number of H-pyrrole nitrogens is 1. The average molecular weight is 318 g/mol. The van der Waals surface area contributed by atoms with E-state index in [-0.39, 0.29) is 5.78 Å². The highest BCUT2D eigenvalue weighted by Crippen LogP contribution is 2.24. The highest BCUT2D eigenvalue weighted by atomic mass is 16.1. The molecule has 24 heavy (non-hydrogen) atoms. The van der Waals surface area contributed by atoms with Crippen LogP contribution in [0.2, 0.25) is 0 Å². The molecule has 2 N–H and O–H groups in total. The second-order valence-electron chi connectivity index (χ2n) is 5.86. The fourth-order valence-electron chi connectivity index (χ4n) is 2.77. The van der Waals surface area contributed by atoms with Gasteiger partial charge in [-0.3, -0.25) is 4.79 Å². The zero-order valence-corrected chi connectivity index (χ0v) is 13.9. The Hall–Kier alpha value is -2.81. The van der Waals surface area contributed by atoms with E-state index in [0.717, 1.165) is 24.2 Å². The maximum absolute atomic E-state index is 11.9. The third-order valence-electron chi connectivity index (χ3n) is 4.08. The van der Waals surface area contributed by atoms with Gasteiger partial charge in [0.05, 0.1) is 0 Å². The maximum Gasteiger partial charge on any atom is 0.162 e. The van der Waals surface area contributed by atoms with Crippen LogP contribution in [0.3, 0.4) is 0 Å². The van der Waals surface area contributed by atoms with Crippen molar-refractivity contribution in [1.29, 1.82) is 0 Å². The van der Waals surface area contributed by atoms with Crippen LogP contribution in [-0.4, -0.2) is 10.8 Å². The number of anilines is 1. The molecule has 1 heterocycles. The molecule has 0 saturated carbocycles. The van der Waals surface area contributed by atoms with Gasteiger partial charge in [-0.05, 0) is 41.8 Å². The van der Waals surface area contributed by atoms with Gasteiger partial charge in [0.15, 0.2) is 5.78 Å². The Kier molecular flexibility index (Phi) is 5.12. The van der Waals surface area contributed by atoms with Gasteiger partial charge in [0.1, 0.15) is 0 Å². The normalized spacial score (nSPS) is 10.5. The molecule has 2 aromatic carbocycles. The second kappa shape index (κ2) is 7.64. The summed E-state index contributed by atoms with van der Waals surface area (Å²) >= 11 is 0. The SMILES string of the molecule is CCCC(=O)c1ccc(NCc2c[nH]cc2-c2ccccc2)cc1. The summed E-state index contributed by atoms with van der Waals surface area (Å²) in [5, 5.41) is 3.42. The van der Waals surface area contributed by atoms with Crippen LogP contribution in [0.4, 0.5) is 5.69 Å². The van der Waals surface area contributed by atoms with Crippen molar-refractivity contribution < 1.29 is 4.79 Å². The lowest BCUT2D eigenvalue weighted by Crippen LogP contribution is -2.01. The number of benzene rings is 2. The molecule has 0 amide bonds. The number of carbonyl (C=O) groups is 1. The molecule has 3 heteroatoms. The van der Waals surface area contributed by atoms with Crippen LogP contribution in [0, 0.1) is 0 Å². The van der Waals surface area contributed by atoms with Gasteiger partial charge in [0.2, 0.25) is 0 Å². The van der Waals surface area contributed by atoms with Crippen molar-refractivity contribution in [2.75, 3.05) is 5.32 Å². The van der Waals surface area contributed by atoms with Gasteiger partial charge >= 0.3 is 0 Å². The molecule has 0 bridgehead atoms. The van der Waals surface area contributed by atoms with Gasteiger partial charge in [-0.25, -0.2) is 0 Å². The van der Waals surface area contributed by atoms with Crippen LogP contribution in [0.25, 0.3) is 11.1 Å². The van der Waals surface area contributed by atoms with Crippen LogP contribution in [-0.2, 0) is 6.54 Å². The van der Waals surface area contributed by atoms with Crippen LogP contribution >= 0.6 is 0 Å². The largest absolute Gasteiger partial charge is 0.381 e. The molecule has 0 radical (unpaired) electrons. The Morgan fingerprint density at radius 1 is 1.00 bits per heavy atom. The van der Waals surface area contributed by atoms with Crippen molar-refractivity contribution in [2.24, 2.45) is 0 Å². The first-order chi connectivity index (χ1) is 11.8. The quantitative estimate of drug-likeness (QED) is 0.582. The van der Waals surface area contributed by atoms with Crippen molar-refractivity contribution in [2.45, 2.75) is 26.3 Å². The van der Waals surface area contributed by atoms with Crippen molar-refractivity contribution in [1.82, 2.24) is 4.98 Å². The number of rotatable bonds is 7. The van der Waals surface area contributed by atoms with Crippen molar-refractivity contribution in [3.8, 4) is 11.1 Å². The summed E-state index contributed by atoms with van der Waals surface area (Å²) in [6.45, 7) is 2.75. The predicted octanol–water partition coefficient (Wildman–Crippen LogP) is 5.28. The molecule has 0 fully saturated rings. The molecule has 0 saturated heterocycles. The van der Waals surface area contributed by atoms with E-state index in [0.29, 0.717) is 6.42 Å². The Morgan fingerprint density at radius 3 is 2.46 bits per heavy atom. The summed E-state index contributed by atoms with van der Waals surface area (Å²) in [7, 11) is 0. The number of nitrogens with one attached hydrogen (secondary N) is 2. The summed E-state index contributed by atoms with van der Waals surface area (Å²) in [5.74, 6) is 0.209. The maximum atomic E-state index is 11.9. The molecule has 0 spiro atoms. The lowest BCUT2D eigenvalue weighted by Gasteiger charge is -2.08. The van der Waals surface area contributed by atoms with Crippen LogP contribution in [0.15, 0.2) is 67.0 Å². The van der Waals surface area contributed by atoms with Crippen LogP contribution in [0.1, 0.15) is 35.7 Å². The Morgan fingerprint density at radius 2 is 1.75 bits per heavy atom. The molecule has 0 atom stereocenters. The molecular weight excluding hydrogens is 296 g/mol. The van der Waals surface area contributed by atoms with Crippen molar-refractivity contribution in [3.05, 3.63) is 78.1 Å². The van der Waals surface area contributed by atoms with Gasteiger partial charge in [-0.15, -0.1) is 0 Å². The zero-order valence-electron chi connectivity index (χ0n) is 13.9. The number of hydrogen-bond acceptors (Lipinski definition) is 2. The van der Waals surface area contributed by atoms with E-state index in [4.69, 9.17) is 0 Å². The number of Topliss-reactive ketones (excluding diaryl/α,β-unsaturated/α-hetero) is 1. The highest BCUT2D eigenvalue weighted by molar-refractivity contribution is 5.96. The fourth-order valence-corrected chi connectivity index (χ4v) is 2.77. The van der Waals surface area contributed by atoms with Gasteiger partial charge in [-0.2, -0.15) is 0 Å². The molecule has 0 aliphatic heterocycles. The summed E-state index contributed by atoms with van der Waals surface area (Å²) in [4.78, 5) is 15.1. The topological polar surface area (TPSA) is 44.9 Å². The minimum Gasteiger partial charge on any atom is -0.381 e. The average Bonchev–Trinajstić information content (AvgIpc) is 3.10. The second-order valence-corrected chi connectivity index (χ2v) is 5.86. The summed E-state index contributed by atoms with van der Waals surface area (Å²) < 4.78 is 0. The van der Waals surface area contributed by atoms with Gasteiger partial charge in [-0.1, -0.05) is 37.3 Å². The van der Waals surface area contributed by atoms with E-state index in [2.05, 4.69) is 22.4 Å². The van der Waals surface area contributed by atoms with E-state index in [1.165, 1.54) is 16.7 Å². The lowest BCUT2D eigenvalue weighted by atomic mass is 10.0. The van der Waals surface area contributed by atoms with Crippen molar-refractivity contribution >= 4 is 11.5 Å². The van der Waals surface area contributed by atoms with Crippen LogP contribution in [0.5, 0.6) is 0 Å². The first-order valence-electron chi connectivity index (χ1n) is 8.36. The molecule has 1 aromatic heterocycles. The molecule has 3 rings (SSSR count). The van der Waals surface area contributed by atoms with E-state index >= 15 is 0 Å². The van der Waals surface area contributed by atoms with Crippen LogP contribution < -0.4 is 5.32 Å². The highest BCUT2D eigenvalue weighted by Gasteiger charge is 2.07. The molecule has 3 nitrogen and oxygen atoms in total. The molecule has 3 aromatic rings. The standard InChI is InChI=1S/C21H22N2O/c1-2-6-21(24)17-9-11-19(12-10-17)23-14-18-13-22-15-20(18)16-7-4-3-5-8-16/h3-5,7-13,15,22-23H,2,6,14H2,1H3. The molecule has 0 aliphatic rings. The summed E-state index contributed by atoms with van der Waals surface area (Å²) in [6, 6.07) is 18.1. The van der Waals surface area contributed by atoms with E-state index in [1.54, 1.807) is 0 Å². The van der Waals surface area contributed by atoms with E-state index < -0.39 is 0 Å². The number of ketones is 1. The number of aromatic amines is 1. The predicted molar refractivity (Wildman–Crippen MR) is 99.2 cm³/mol. The smallest absolute Gasteiger partial charge is 0.162 e. The minimum atomic E-state index is 0.209. The minimum absolute atomic E-state index is 0.209. The third kappa shape index (κ3) is 3.74.